The maximum atomic E-state index is 11.2. The largest absolute Gasteiger partial charge is 0.378 e. The molecular formula is C11H18N4O4S. The Labute approximate surface area is 117 Å². The highest BCUT2D eigenvalue weighted by atomic mass is 32.2. The van der Waals surface area contributed by atoms with Crippen molar-refractivity contribution < 1.29 is 13.3 Å². The Morgan fingerprint density at radius 3 is 2.45 bits per heavy atom. The number of nitrogens with two attached hydrogens (primary N) is 2. The van der Waals surface area contributed by atoms with Crippen LogP contribution in [0.4, 0.5) is 11.4 Å². The lowest BCUT2D eigenvalue weighted by molar-refractivity contribution is -0.384. The van der Waals surface area contributed by atoms with E-state index in [4.69, 9.17) is 10.9 Å². The fourth-order valence-corrected chi connectivity index (χ4v) is 1.99. The van der Waals surface area contributed by atoms with E-state index in [2.05, 4.69) is 5.32 Å². The third kappa shape index (κ3) is 4.15. The zero-order valence-electron chi connectivity index (χ0n) is 11.2. The van der Waals surface area contributed by atoms with Gasteiger partial charge in [0.15, 0.2) is 0 Å². The second kappa shape index (κ2) is 6.16. The Kier molecular flexibility index (Phi) is 5.03. The third-order valence-corrected chi connectivity index (χ3v) is 3.79. The quantitative estimate of drug-likeness (QED) is 0.520. The van der Waals surface area contributed by atoms with Crippen molar-refractivity contribution >= 4 is 21.4 Å². The molecule has 1 rings (SSSR count). The zero-order valence-corrected chi connectivity index (χ0v) is 12.1. The van der Waals surface area contributed by atoms with Gasteiger partial charge in [-0.3, -0.25) is 10.1 Å². The highest BCUT2D eigenvalue weighted by molar-refractivity contribution is 7.89. The zero-order chi connectivity index (χ0) is 15.5. The minimum Gasteiger partial charge on any atom is -0.378 e. The maximum absolute atomic E-state index is 11.2. The first-order valence-corrected chi connectivity index (χ1v) is 7.48. The van der Waals surface area contributed by atoms with Crippen molar-refractivity contribution in [2.45, 2.75) is 24.8 Å². The number of benzene rings is 1. The average Bonchev–Trinajstić information content (AvgIpc) is 2.34. The molecule has 0 aliphatic carbocycles. The summed E-state index contributed by atoms with van der Waals surface area (Å²) in [6, 6.07) is 3.28. The lowest BCUT2D eigenvalue weighted by Crippen LogP contribution is -2.34. The summed E-state index contributed by atoms with van der Waals surface area (Å²) in [5.74, 6) is 0.213. The van der Waals surface area contributed by atoms with Gasteiger partial charge < -0.3 is 11.1 Å². The summed E-state index contributed by atoms with van der Waals surface area (Å²) in [7, 11) is -3.98. The summed E-state index contributed by atoms with van der Waals surface area (Å²) in [5, 5.41) is 18.8. The second-order valence-corrected chi connectivity index (χ2v) is 6.33. The first-order chi connectivity index (χ1) is 9.12. The van der Waals surface area contributed by atoms with E-state index in [1.54, 1.807) is 0 Å². The highest BCUT2D eigenvalue weighted by Gasteiger charge is 2.19. The summed E-state index contributed by atoms with van der Waals surface area (Å²) < 4.78 is 22.4. The molecule has 1 unspecified atom stereocenters. The number of sulfonamides is 1. The fourth-order valence-electron chi connectivity index (χ4n) is 1.45. The van der Waals surface area contributed by atoms with Gasteiger partial charge in [-0.15, -0.1) is 0 Å². The van der Waals surface area contributed by atoms with Crippen LogP contribution in [0.2, 0.25) is 0 Å². The third-order valence-electron chi connectivity index (χ3n) is 2.88. The molecule has 0 heterocycles. The van der Waals surface area contributed by atoms with Crippen LogP contribution in [0.15, 0.2) is 23.1 Å². The summed E-state index contributed by atoms with van der Waals surface area (Å²) in [6.45, 7) is 4.21. The molecule has 0 saturated heterocycles. The molecule has 112 valence electrons. The SMILES string of the molecule is CC(C)C(N)CNc1ccc(S(N)(=O)=O)cc1[N+](=O)[O-]. The molecule has 9 heteroatoms. The van der Waals surface area contributed by atoms with Crippen molar-refractivity contribution in [3.8, 4) is 0 Å². The molecule has 0 bridgehead atoms. The van der Waals surface area contributed by atoms with Crippen LogP contribution in [-0.4, -0.2) is 25.9 Å². The Morgan fingerprint density at radius 1 is 1.40 bits per heavy atom. The van der Waals surface area contributed by atoms with Gasteiger partial charge in [0.25, 0.3) is 5.69 Å². The molecule has 0 spiro atoms. The first kappa shape index (κ1) is 16.3. The summed E-state index contributed by atoms with van der Waals surface area (Å²) in [6.07, 6.45) is 0. The monoisotopic (exact) mass is 302 g/mol. The smallest absolute Gasteiger partial charge is 0.293 e. The van der Waals surface area contributed by atoms with Gasteiger partial charge in [-0.2, -0.15) is 0 Å². The number of nitro benzene ring substituents is 1. The Hall–Kier alpha value is -1.71. The number of nitrogens with one attached hydrogen (secondary N) is 1. The minimum atomic E-state index is -3.98. The van der Waals surface area contributed by atoms with E-state index >= 15 is 0 Å². The molecule has 0 aliphatic rings. The van der Waals surface area contributed by atoms with Crippen molar-refractivity contribution in [3.05, 3.63) is 28.3 Å². The average molecular weight is 302 g/mol. The number of nitro groups is 1. The predicted molar refractivity (Wildman–Crippen MR) is 75.8 cm³/mol. The second-order valence-electron chi connectivity index (χ2n) is 4.77. The van der Waals surface area contributed by atoms with Gasteiger partial charge in [0.1, 0.15) is 5.69 Å². The van der Waals surface area contributed by atoms with Crippen LogP contribution in [0, 0.1) is 16.0 Å². The summed E-state index contributed by atoms with van der Waals surface area (Å²) >= 11 is 0. The predicted octanol–water partition coefficient (Wildman–Crippen LogP) is 0.637. The van der Waals surface area contributed by atoms with E-state index < -0.39 is 14.9 Å². The number of hydrogen-bond donors (Lipinski definition) is 3. The molecule has 1 aromatic rings. The van der Waals surface area contributed by atoms with Crippen molar-refractivity contribution in [3.63, 3.8) is 0 Å². The van der Waals surface area contributed by atoms with E-state index in [-0.39, 0.29) is 28.2 Å². The molecular weight excluding hydrogens is 284 g/mol. The Balaban J connectivity index is 3.06. The number of rotatable bonds is 6. The van der Waals surface area contributed by atoms with Crippen molar-refractivity contribution in [2.75, 3.05) is 11.9 Å². The van der Waals surface area contributed by atoms with Gasteiger partial charge in [-0.1, -0.05) is 13.8 Å². The summed E-state index contributed by atoms with van der Waals surface area (Å²) in [4.78, 5) is 10.0. The van der Waals surface area contributed by atoms with Gasteiger partial charge >= 0.3 is 0 Å². The van der Waals surface area contributed by atoms with E-state index in [1.165, 1.54) is 12.1 Å². The number of nitrogens with zero attached hydrogens (tertiary/aromatic N) is 1. The molecule has 0 fully saturated rings. The van der Waals surface area contributed by atoms with Crippen LogP contribution >= 0.6 is 0 Å². The van der Waals surface area contributed by atoms with E-state index in [9.17, 15) is 18.5 Å². The van der Waals surface area contributed by atoms with Crippen LogP contribution < -0.4 is 16.2 Å². The molecule has 0 aliphatic heterocycles. The van der Waals surface area contributed by atoms with Crippen LogP contribution in [0.1, 0.15) is 13.8 Å². The van der Waals surface area contributed by atoms with Crippen molar-refractivity contribution in [1.29, 1.82) is 0 Å². The topological polar surface area (TPSA) is 141 Å². The molecule has 0 aromatic heterocycles. The molecule has 1 aromatic carbocycles. The van der Waals surface area contributed by atoms with Gasteiger partial charge in [0, 0.05) is 18.7 Å². The van der Waals surface area contributed by atoms with E-state index in [1.807, 2.05) is 13.8 Å². The van der Waals surface area contributed by atoms with E-state index in [0.717, 1.165) is 6.07 Å². The van der Waals surface area contributed by atoms with Crippen LogP contribution in [0.5, 0.6) is 0 Å². The number of primary sulfonamides is 1. The Bertz CT molecular complexity index is 600. The molecule has 0 radical (unpaired) electrons. The van der Waals surface area contributed by atoms with E-state index in [0.29, 0.717) is 6.54 Å². The molecule has 0 amide bonds. The number of anilines is 1. The molecule has 5 N–H and O–H groups in total. The Morgan fingerprint density at radius 2 is 2.00 bits per heavy atom. The van der Waals surface area contributed by atoms with Gasteiger partial charge in [-0.25, -0.2) is 13.6 Å². The van der Waals surface area contributed by atoms with Crippen LogP contribution in [-0.2, 0) is 10.0 Å². The first-order valence-electron chi connectivity index (χ1n) is 5.93. The van der Waals surface area contributed by atoms with Crippen molar-refractivity contribution in [2.24, 2.45) is 16.8 Å². The lowest BCUT2D eigenvalue weighted by atomic mass is 10.1. The standard InChI is InChI=1S/C11H18N4O4S/c1-7(2)9(12)6-14-10-4-3-8(20(13,18)19)5-11(10)15(16)17/h3-5,7,9,14H,6,12H2,1-2H3,(H2,13,18,19). The highest BCUT2D eigenvalue weighted by Crippen LogP contribution is 2.27. The molecule has 0 saturated carbocycles. The minimum absolute atomic E-state index is 0.174. The molecule has 8 nitrogen and oxygen atoms in total. The van der Waals surface area contributed by atoms with Gasteiger partial charge in [0.2, 0.25) is 10.0 Å². The van der Waals surface area contributed by atoms with Gasteiger partial charge in [0.05, 0.1) is 9.82 Å². The lowest BCUT2D eigenvalue weighted by Gasteiger charge is -2.17. The van der Waals surface area contributed by atoms with Gasteiger partial charge in [-0.05, 0) is 18.1 Å². The summed E-state index contributed by atoms with van der Waals surface area (Å²) in [5.41, 5.74) is 5.69. The van der Waals surface area contributed by atoms with Crippen LogP contribution in [0.3, 0.4) is 0 Å². The normalized spacial score (nSPS) is 13.2. The van der Waals surface area contributed by atoms with Crippen LogP contribution in [0.25, 0.3) is 0 Å². The molecule has 20 heavy (non-hydrogen) atoms. The molecule has 1 atom stereocenters. The van der Waals surface area contributed by atoms with Crippen molar-refractivity contribution in [1.82, 2.24) is 0 Å². The number of hydrogen-bond acceptors (Lipinski definition) is 6. The fraction of sp³-hybridized carbons (Fsp3) is 0.455. The maximum Gasteiger partial charge on any atom is 0.293 e.